The van der Waals surface area contributed by atoms with Gasteiger partial charge in [0.2, 0.25) is 0 Å². The van der Waals surface area contributed by atoms with Gasteiger partial charge in [-0.15, -0.1) is 0 Å². The van der Waals surface area contributed by atoms with Crippen molar-refractivity contribution in [2.75, 3.05) is 23.8 Å². The molecule has 4 nitrogen and oxygen atoms in total. The molecule has 1 saturated carbocycles. The molecule has 0 spiro atoms. The Labute approximate surface area is 116 Å². The highest BCUT2D eigenvalue weighted by molar-refractivity contribution is 5.49. The largest absolute Gasteiger partial charge is 0.370 e. The molecule has 1 unspecified atom stereocenters. The highest BCUT2D eigenvalue weighted by Gasteiger charge is 2.31. The van der Waals surface area contributed by atoms with Crippen molar-refractivity contribution in [1.82, 2.24) is 9.97 Å². The number of nitrogens with zero attached hydrogens (tertiary/aromatic N) is 3. The van der Waals surface area contributed by atoms with Gasteiger partial charge >= 0.3 is 0 Å². The predicted octanol–water partition coefficient (Wildman–Crippen LogP) is 3.10. The zero-order valence-electron chi connectivity index (χ0n) is 12.6. The molecule has 1 aromatic heterocycles. The van der Waals surface area contributed by atoms with Crippen LogP contribution in [0.4, 0.5) is 11.6 Å². The zero-order valence-corrected chi connectivity index (χ0v) is 12.6. The van der Waals surface area contributed by atoms with Gasteiger partial charge in [-0.1, -0.05) is 6.92 Å². The molecular weight excluding hydrogens is 236 g/mol. The van der Waals surface area contributed by atoms with Crippen molar-refractivity contribution >= 4 is 11.6 Å². The molecule has 1 atom stereocenters. The smallest absolute Gasteiger partial charge is 0.134 e. The van der Waals surface area contributed by atoms with Crippen LogP contribution < -0.4 is 10.2 Å². The van der Waals surface area contributed by atoms with Crippen molar-refractivity contribution in [2.24, 2.45) is 5.92 Å². The van der Waals surface area contributed by atoms with Crippen molar-refractivity contribution in [2.45, 2.75) is 52.5 Å². The average Bonchev–Trinajstić information content (AvgIpc) is 3.22. The second kappa shape index (κ2) is 6.22. The molecule has 1 N–H and O–H groups in total. The van der Waals surface area contributed by atoms with Gasteiger partial charge in [0, 0.05) is 32.1 Å². The summed E-state index contributed by atoms with van der Waals surface area (Å²) in [5, 5.41) is 3.31. The Bertz CT molecular complexity index is 390. The molecule has 1 aromatic rings. The summed E-state index contributed by atoms with van der Waals surface area (Å²) in [5.41, 5.74) is 0. The van der Waals surface area contributed by atoms with E-state index < -0.39 is 0 Å². The topological polar surface area (TPSA) is 41.1 Å². The third kappa shape index (κ3) is 3.58. The highest BCUT2D eigenvalue weighted by Crippen LogP contribution is 2.36. The van der Waals surface area contributed by atoms with Crippen LogP contribution in [0.2, 0.25) is 0 Å². The Morgan fingerprint density at radius 3 is 2.68 bits per heavy atom. The molecule has 0 amide bonds. The van der Waals surface area contributed by atoms with Gasteiger partial charge in [0.05, 0.1) is 0 Å². The average molecular weight is 262 g/mol. The van der Waals surface area contributed by atoms with E-state index in [1.165, 1.54) is 12.8 Å². The van der Waals surface area contributed by atoms with Crippen molar-refractivity contribution in [3.05, 3.63) is 11.9 Å². The van der Waals surface area contributed by atoms with Crippen LogP contribution >= 0.6 is 0 Å². The van der Waals surface area contributed by atoms with Gasteiger partial charge in [-0.2, -0.15) is 0 Å². The van der Waals surface area contributed by atoms with Crippen LogP contribution in [0.5, 0.6) is 0 Å². The number of anilines is 2. The molecule has 1 aliphatic carbocycles. The lowest BCUT2D eigenvalue weighted by molar-refractivity contribution is 0.601. The van der Waals surface area contributed by atoms with Gasteiger partial charge in [-0.05, 0) is 39.0 Å². The summed E-state index contributed by atoms with van der Waals surface area (Å²) < 4.78 is 0. The predicted molar refractivity (Wildman–Crippen MR) is 80.8 cm³/mol. The maximum absolute atomic E-state index is 4.71. The van der Waals surface area contributed by atoms with Crippen LogP contribution in [0.15, 0.2) is 6.07 Å². The van der Waals surface area contributed by atoms with E-state index in [9.17, 15) is 0 Å². The van der Waals surface area contributed by atoms with Crippen LogP contribution in [0.1, 0.15) is 45.9 Å². The Balaban J connectivity index is 2.21. The van der Waals surface area contributed by atoms with Crippen molar-refractivity contribution < 1.29 is 0 Å². The maximum atomic E-state index is 4.71. The summed E-state index contributed by atoms with van der Waals surface area (Å²) in [6, 6.07) is 2.64. The second-order valence-corrected chi connectivity index (χ2v) is 5.50. The lowest BCUT2D eigenvalue weighted by Gasteiger charge is -2.26. The SMILES string of the molecule is CCCc1nc(NCC)cc(N(C)C(C)C2CC2)n1. The molecule has 0 bridgehead atoms. The van der Waals surface area contributed by atoms with Crippen LogP contribution in [-0.2, 0) is 6.42 Å². The van der Waals surface area contributed by atoms with Crippen molar-refractivity contribution in [1.29, 1.82) is 0 Å². The number of hydrogen-bond donors (Lipinski definition) is 1. The van der Waals surface area contributed by atoms with Crippen LogP contribution in [0.25, 0.3) is 0 Å². The first-order valence-electron chi connectivity index (χ1n) is 7.50. The van der Waals surface area contributed by atoms with E-state index in [1.54, 1.807) is 0 Å². The minimum Gasteiger partial charge on any atom is -0.370 e. The highest BCUT2D eigenvalue weighted by atomic mass is 15.2. The summed E-state index contributed by atoms with van der Waals surface area (Å²) in [4.78, 5) is 11.6. The first-order chi connectivity index (χ1) is 9.15. The van der Waals surface area contributed by atoms with E-state index in [1.807, 2.05) is 0 Å². The fourth-order valence-corrected chi connectivity index (χ4v) is 2.37. The number of nitrogens with one attached hydrogen (secondary N) is 1. The Morgan fingerprint density at radius 1 is 1.37 bits per heavy atom. The van der Waals surface area contributed by atoms with Crippen molar-refractivity contribution in [3.63, 3.8) is 0 Å². The monoisotopic (exact) mass is 262 g/mol. The van der Waals surface area contributed by atoms with Gasteiger partial charge in [0.25, 0.3) is 0 Å². The lowest BCUT2D eigenvalue weighted by atomic mass is 10.2. The molecule has 2 rings (SSSR count). The third-order valence-electron chi connectivity index (χ3n) is 3.87. The molecular formula is C15H26N4. The Morgan fingerprint density at radius 2 is 2.11 bits per heavy atom. The van der Waals surface area contributed by atoms with Gasteiger partial charge in [0.15, 0.2) is 0 Å². The van der Waals surface area contributed by atoms with Gasteiger partial charge in [0.1, 0.15) is 17.5 Å². The second-order valence-electron chi connectivity index (χ2n) is 5.50. The molecule has 106 valence electrons. The quantitative estimate of drug-likeness (QED) is 0.820. The third-order valence-corrected chi connectivity index (χ3v) is 3.87. The van der Waals surface area contributed by atoms with Gasteiger partial charge in [-0.3, -0.25) is 0 Å². The van der Waals surface area contributed by atoms with Crippen LogP contribution in [0.3, 0.4) is 0 Å². The summed E-state index contributed by atoms with van der Waals surface area (Å²) in [5.74, 6) is 3.79. The van der Waals surface area contributed by atoms with Gasteiger partial charge < -0.3 is 10.2 Å². The normalized spacial score (nSPS) is 16.2. The minimum atomic E-state index is 0.568. The zero-order chi connectivity index (χ0) is 13.8. The molecule has 0 saturated heterocycles. The Kier molecular flexibility index (Phi) is 4.61. The van der Waals surface area contributed by atoms with E-state index in [0.29, 0.717) is 6.04 Å². The van der Waals surface area contributed by atoms with Crippen LogP contribution in [0, 0.1) is 5.92 Å². The molecule has 4 heteroatoms. The first kappa shape index (κ1) is 14.1. The summed E-state index contributed by atoms with van der Waals surface area (Å²) in [6.45, 7) is 7.45. The van der Waals surface area contributed by atoms with Crippen LogP contribution in [-0.4, -0.2) is 29.6 Å². The van der Waals surface area contributed by atoms with E-state index in [0.717, 1.165) is 42.8 Å². The standard InChI is InChI=1S/C15H26N4/c1-5-7-13-17-14(16-6-2)10-15(18-13)19(4)11(3)12-8-9-12/h10-12H,5-9H2,1-4H3,(H,16,17,18). The van der Waals surface area contributed by atoms with E-state index in [2.05, 4.69) is 49.1 Å². The fourth-order valence-electron chi connectivity index (χ4n) is 2.37. The number of aromatic nitrogens is 2. The fraction of sp³-hybridized carbons (Fsp3) is 0.733. The molecule has 0 radical (unpaired) electrons. The molecule has 1 heterocycles. The summed E-state index contributed by atoms with van der Waals surface area (Å²) in [7, 11) is 2.15. The molecule has 0 aromatic carbocycles. The van der Waals surface area contributed by atoms with E-state index in [-0.39, 0.29) is 0 Å². The number of hydrogen-bond acceptors (Lipinski definition) is 4. The van der Waals surface area contributed by atoms with E-state index in [4.69, 9.17) is 4.98 Å². The minimum absolute atomic E-state index is 0.568. The number of rotatable bonds is 7. The molecule has 0 aliphatic heterocycles. The number of aryl methyl sites for hydroxylation is 1. The summed E-state index contributed by atoms with van der Waals surface area (Å²) in [6.07, 6.45) is 4.74. The Hall–Kier alpha value is -1.32. The lowest BCUT2D eigenvalue weighted by Crippen LogP contribution is -2.31. The summed E-state index contributed by atoms with van der Waals surface area (Å²) >= 11 is 0. The first-order valence-corrected chi connectivity index (χ1v) is 7.50. The van der Waals surface area contributed by atoms with Crippen molar-refractivity contribution in [3.8, 4) is 0 Å². The van der Waals surface area contributed by atoms with E-state index >= 15 is 0 Å². The molecule has 1 aliphatic rings. The maximum Gasteiger partial charge on any atom is 0.134 e. The van der Waals surface area contributed by atoms with Gasteiger partial charge in [-0.25, -0.2) is 9.97 Å². The molecule has 19 heavy (non-hydrogen) atoms. The molecule has 1 fully saturated rings.